The Morgan fingerprint density at radius 2 is 1.77 bits per heavy atom. The van der Waals surface area contributed by atoms with Crippen LogP contribution in [0.15, 0.2) is 56.5 Å². The van der Waals surface area contributed by atoms with Crippen LogP contribution in [0.3, 0.4) is 0 Å². The van der Waals surface area contributed by atoms with Gasteiger partial charge in [0.15, 0.2) is 0 Å². The molecule has 0 saturated carbocycles. The van der Waals surface area contributed by atoms with E-state index < -0.39 is 16.2 Å². The molecule has 7 nitrogen and oxygen atoms in total. The Morgan fingerprint density at radius 1 is 1.09 bits per heavy atom. The van der Waals surface area contributed by atoms with Crippen LogP contribution in [-0.2, 0) is 0 Å². The predicted molar refractivity (Wildman–Crippen MR) is 79.7 cm³/mol. The highest BCUT2D eigenvalue weighted by molar-refractivity contribution is 6.31. The van der Waals surface area contributed by atoms with Gasteiger partial charge in [-0.15, -0.1) is 0 Å². The van der Waals surface area contributed by atoms with E-state index in [1.807, 2.05) is 0 Å². The van der Waals surface area contributed by atoms with E-state index in [-0.39, 0.29) is 22.3 Å². The SMILES string of the molecule is O=c1oc2ccc(Cl)cc2c(=O)n1-c1ccc([N+](=O)[O-])cc1. The fourth-order valence-corrected chi connectivity index (χ4v) is 2.22. The van der Waals surface area contributed by atoms with E-state index in [9.17, 15) is 19.7 Å². The molecule has 0 aliphatic rings. The van der Waals surface area contributed by atoms with E-state index in [0.29, 0.717) is 5.02 Å². The molecule has 0 amide bonds. The molecule has 0 bridgehead atoms. The first kappa shape index (κ1) is 14.0. The van der Waals surface area contributed by atoms with Crippen molar-refractivity contribution in [3.05, 3.63) is 78.5 Å². The summed E-state index contributed by atoms with van der Waals surface area (Å²) in [6, 6.07) is 9.32. The van der Waals surface area contributed by atoms with Crippen LogP contribution in [0.25, 0.3) is 16.7 Å². The summed E-state index contributed by atoms with van der Waals surface area (Å²) in [6.07, 6.45) is 0. The molecule has 0 spiro atoms. The molecule has 0 saturated heterocycles. The van der Waals surface area contributed by atoms with E-state index in [2.05, 4.69) is 0 Å². The summed E-state index contributed by atoms with van der Waals surface area (Å²) in [5, 5.41) is 11.1. The number of nitro groups is 1. The molecule has 0 fully saturated rings. The molecule has 1 heterocycles. The van der Waals surface area contributed by atoms with Crippen molar-refractivity contribution >= 4 is 28.3 Å². The fraction of sp³-hybridized carbons (Fsp3) is 0. The second-order valence-electron chi connectivity index (χ2n) is 4.42. The number of rotatable bonds is 2. The highest BCUT2D eigenvalue weighted by Gasteiger charge is 2.13. The van der Waals surface area contributed by atoms with E-state index in [1.165, 1.54) is 42.5 Å². The smallest absolute Gasteiger partial charge is 0.409 e. The molecular weight excluding hydrogens is 312 g/mol. The monoisotopic (exact) mass is 318 g/mol. The van der Waals surface area contributed by atoms with Gasteiger partial charge < -0.3 is 4.42 Å². The lowest BCUT2D eigenvalue weighted by Crippen LogP contribution is -2.30. The van der Waals surface area contributed by atoms with Gasteiger partial charge in [-0.3, -0.25) is 14.9 Å². The maximum absolute atomic E-state index is 12.4. The number of nitro benzene ring substituents is 1. The number of benzene rings is 2. The molecule has 0 N–H and O–H groups in total. The predicted octanol–water partition coefficient (Wildman–Crippen LogP) is 2.51. The fourth-order valence-electron chi connectivity index (χ4n) is 2.05. The summed E-state index contributed by atoms with van der Waals surface area (Å²) in [5.74, 6) is -0.881. The molecule has 0 aliphatic carbocycles. The standard InChI is InChI=1S/C14H7ClN2O5/c15-8-1-6-12-11(7-8)13(18)16(14(19)22-12)9-2-4-10(5-3-9)17(20)21/h1-7H. The minimum atomic E-state index is -0.881. The molecule has 110 valence electrons. The zero-order valence-electron chi connectivity index (χ0n) is 10.9. The second-order valence-corrected chi connectivity index (χ2v) is 4.86. The number of halogens is 1. The second kappa shape index (κ2) is 5.12. The lowest BCUT2D eigenvalue weighted by atomic mass is 10.2. The van der Waals surface area contributed by atoms with Crippen molar-refractivity contribution < 1.29 is 9.34 Å². The zero-order chi connectivity index (χ0) is 15.9. The maximum atomic E-state index is 12.4. The number of fused-ring (bicyclic) bond motifs is 1. The summed E-state index contributed by atoms with van der Waals surface area (Å²) < 4.78 is 5.87. The molecule has 22 heavy (non-hydrogen) atoms. The Labute approximate surface area is 127 Å². The summed E-state index contributed by atoms with van der Waals surface area (Å²) in [7, 11) is 0. The van der Waals surface area contributed by atoms with Gasteiger partial charge in [0.05, 0.1) is 16.0 Å². The highest BCUT2D eigenvalue weighted by atomic mass is 35.5. The third-order valence-corrected chi connectivity index (χ3v) is 3.31. The number of aromatic nitrogens is 1. The lowest BCUT2D eigenvalue weighted by molar-refractivity contribution is -0.384. The average Bonchev–Trinajstić information content (AvgIpc) is 2.49. The van der Waals surface area contributed by atoms with E-state index in [1.54, 1.807) is 0 Å². The zero-order valence-corrected chi connectivity index (χ0v) is 11.6. The molecule has 2 aromatic carbocycles. The summed E-state index contributed by atoms with van der Waals surface area (Å²) in [5.41, 5.74) is -0.462. The molecule has 0 aliphatic heterocycles. The molecule has 0 radical (unpaired) electrons. The van der Waals surface area contributed by atoms with Gasteiger partial charge in [0.25, 0.3) is 11.2 Å². The molecule has 0 unspecified atom stereocenters. The number of hydrogen-bond donors (Lipinski definition) is 0. The van der Waals surface area contributed by atoms with Gasteiger partial charge in [0.1, 0.15) is 5.58 Å². The van der Waals surface area contributed by atoms with Crippen LogP contribution in [0.5, 0.6) is 0 Å². The van der Waals surface area contributed by atoms with Gasteiger partial charge in [-0.05, 0) is 30.3 Å². The average molecular weight is 319 g/mol. The van der Waals surface area contributed by atoms with Crippen molar-refractivity contribution in [1.82, 2.24) is 4.57 Å². The first-order valence-electron chi connectivity index (χ1n) is 6.07. The quantitative estimate of drug-likeness (QED) is 0.534. The largest absolute Gasteiger partial charge is 0.426 e. The minimum Gasteiger partial charge on any atom is -0.409 e. The van der Waals surface area contributed by atoms with E-state index in [0.717, 1.165) is 4.57 Å². The van der Waals surface area contributed by atoms with Gasteiger partial charge >= 0.3 is 5.76 Å². The number of nitrogens with zero attached hydrogens (tertiary/aromatic N) is 2. The van der Waals surface area contributed by atoms with E-state index in [4.69, 9.17) is 16.0 Å². The summed E-state index contributed by atoms with van der Waals surface area (Å²) in [6.45, 7) is 0. The van der Waals surface area contributed by atoms with Crippen molar-refractivity contribution in [2.75, 3.05) is 0 Å². The normalized spacial score (nSPS) is 10.8. The van der Waals surface area contributed by atoms with Gasteiger partial charge in [0.2, 0.25) is 0 Å². The van der Waals surface area contributed by atoms with E-state index >= 15 is 0 Å². The summed E-state index contributed by atoms with van der Waals surface area (Å²) >= 11 is 5.84. The number of hydrogen-bond acceptors (Lipinski definition) is 5. The molecular formula is C14H7ClN2O5. The molecule has 8 heteroatoms. The van der Waals surface area contributed by atoms with Crippen LogP contribution in [-0.4, -0.2) is 9.49 Å². The lowest BCUT2D eigenvalue weighted by Gasteiger charge is -2.05. The Morgan fingerprint density at radius 3 is 2.41 bits per heavy atom. The Bertz CT molecular complexity index is 1000. The molecule has 3 rings (SSSR count). The first-order chi connectivity index (χ1) is 10.5. The molecule has 0 atom stereocenters. The summed E-state index contributed by atoms with van der Waals surface area (Å²) in [4.78, 5) is 34.5. The van der Waals surface area contributed by atoms with Crippen LogP contribution in [0.4, 0.5) is 5.69 Å². The van der Waals surface area contributed by atoms with Crippen molar-refractivity contribution in [3.8, 4) is 5.69 Å². The number of non-ortho nitro benzene ring substituents is 1. The van der Waals surface area contributed by atoms with Crippen molar-refractivity contribution in [2.24, 2.45) is 0 Å². The van der Waals surface area contributed by atoms with Crippen molar-refractivity contribution in [1.29, 1.82) is 0 Å². The van der Waals surface area contributed by atoms with Gasteiger partial charge in [0, 0.05) is 17.2 Å². The Balaban J connectivity index is 2.28. The first-order valence-corrected chi connectivity index (χ1v) is 6.45. The molecule has 1 aromatic heterocycles. The Kier molecular flexibility index (Phi) is 3.26. The Hall–Kier alpha value is -2.93. The van der Waals surface area contributed by atoms with Crippen LogP contribution < -0.4 is 11.3 Å². The van der Waals surface area contributed by atoms with Crippen LogP contribution in [0.1, 0.15) is 0 Å². The van der Waals surface area contributed by atoms with Crippen LogP contribution >= 0.6 is 11.6 Å². The van der Waals surface area contributed by atoms with Gasteiger partial charge in [-0.1, -0.05) is 11.6 Å². The topological polar surface area (TPSA) is 95.3 Å². The maximum Gasteiger partial charge on any atom is 0.426 e. The molecule has 3 aromatic rings. The van der Waals surface area contributed by atoms with Gasteiger partial charge in [-0.2, -0.15) is 0 Å². The van der Waals surface area contributed by atoms with Crippen LogP contribution in [0, 0.1) is 10.1 Å². The van der Waals surface area contributed by atoms with Crippen molar-refractivity contribution in [3.63, 3.8) is 0 Å². The minimum absolute atomic E-state index is 0.123. The van der Waals surface area contributed by atoms with Crippen LogP contribution in [0.2, 0.25) is 5.02 Å². The van der Waals surface area contributed by atoms with Crippen molar-refractivity contribution in [2.45, 2.75) is 0 Å². The third-order valence-electron chi connectivity index (χ3n) is 3.07. The highest BCUT2D eigenvalue weighted by Crippen LogP contribution is 2.17. The van der Waals surface area contributed by atoms with Gasteiger partial charge in [-0.25, -0.2) is 9.36 Å². The third kappa shape index (κ3) is 2.27.